The highest BCUT2D eigenvalue weighted by Crippen LogP contribution is 2.23. The molecule has 0 aliphatic heterocycles. The molecule has 0 saturated heterocycles. The van der Waals surface area contributed by atoms with Gasteiger partial charge in [-0.25, -0.2) is 9.59 Å². The molecule has 0 bridgehead atoms. The molecule has 26 heavy (non-hydrogen) atoms. The number of fused-ring (bicyclic) bond motifs is 1. The van der Waals surface area contributed by atoms with Gasteiger partial charge < -0.3 is 13.9 Å². The van der Waals surface area contributed by atoms with Gasteiger partial charge in [0.2, 0.25) is 0 Å². The summed E-state index contributed by atoms with van der Waals surface area (Å²) in [7, 11) is 0. The summed E-state index contributed by atoms with van der Waals surface area (Å²) in [5.41, 5.74) is 2.87. The first-order valence-corrected chi connectivity index (χ1v) is 8.44. The van der Waals surface area contributed by atoms with Crippen molar-refractivity contribution in [3.05, 3.63) is 69.6 Å². The van der Waals surface area contributed by atoms with E-state index >= 15 is 0 Å². The molecule has 0 fully saturated rings. The van der Waals surface area contributed by atoms with Crippen molar-refractivity contribution in [1.82, 2.24) is 0 Å². The monoisotopic (exact) mass is 352 g/mol. The minimum atomic E-state index is -0.528. The lowest BCUT2D eigenvalue weighted by Crippen LogP contribution is -2.18. The standard InChI is InChI=1S/C21H20O5/c1-4-15-10-20(22)26-19-11-16(7-8-17(15)19)25-21(23)12-24-18-9-13(2)5-6-14(18)3/h5-11H,4,12H2,1-3H3. The average molecular weight is 352 g/mol. The van der Waals surface area contributed by atoms with E-state index in [1.165, 1.54) is 6.07 Å². The molecule has 0 atom stereocenters. The molecule has 134 valence electrons. The van der Waals surface area contributed by atoms with Gasteiger partial charge >= 0.3 is 11.6 Å². The topological polar surface area (TPSA) is 65.7 Å². The molecule has 3 rings (SSSR count). The fourth-order valence-corrected chi connectivity index (χ4v) is 2.73. The Morgan fingerprint density at radius 2 is 1.88 bits per heavy atom. The van der Waals surface area contributed by atoms with Crippen LogP contribution in [0.4, 0.5) is 0 Å². The molecule has 0 radical (unpaired) electrons. The fraction of sp³-hybridized carbons (Fsp3) is 0.238. The molecule has 5 nitrogen and oxygen atoms in total. The van der Waals surface area contributed by atoms with Gasteiger partial charge in [-0.1, -0.05) is 19.1 Å². The predicted octanol–water partition coefficient (Wildman–Crippen LogP) is 3.96. The third-order valence-electron chi connectivity index (χ3n) is 4.10. The SMILES string of the molecule is CCc1cc(=O)oc2cc(OC(=O)COc3cc(C)ccc3C)ccc12. The van der Waals surface area contributed by atoms with Crippen LogP contribution < -0.4 is 15.1 Å². The maximum absolute atomic E-state index is 12.1. The summed E-state index contributed by atoms with van der Waals surface area (Å²) in [6, 6.07) is 12.3. The van der Waals surface area contributed by atoms with Gasteiger partial charge in [0, 0.05) is 17.5 Å². The van der Waals surface area contributed by atoms with Gasteiger partial charge in [0.25, 0.3) is 0 Å². The number of hydrogen-bond donors (Lipinski definition) is 0. The third-order valence-corrected chi connectivity index (χ3v) is 4.10. The zero-order valence-electron chi connectivity index (χ0n) is 15.0. The number of aryl methyl sites for hydroxylation is 3. The molecular formula is C21H20O5. The highest BCUT2D eigenvalue weighted by atomic mass is 16.6. The van der Waals surface area contributed by atoms with E-state index in [0.29, 0.717) is 23.5 Å². The second-order valence-electron chi connectivity index (χ2n) is 6.13. The van der Waals surface area contributed by atoms with Crippen molar-refractivity contribution in [2.24, 2.45) is 0 Å². The van der Waals surface area contributed by atoms with Crippen molar-refractivity contribution in [3.8, 4) is 11.5 Å². The molecule has 1 heterocycles. The van der Waals surface area contributed by atoms with Gasteiger partial charge in [-0.05, 0) is 55.2 Å². The summed E-state index contributed by atoms with van der Waals surface area (Å²) in [4.78, 5) is 23.7. The van der Waals surface area contributed by atoms with Crippen molar-refractivity contribution in [2.75, 3.05) is 6.61 Å². The lowest BCUT2D eigenvalue weighted by atomic mass is 10.1. The molecule has 0 aliphatic rings. The molecular weight excluding hydrogens is 332 g/mol. The van der Waals surface area contributed by atoms with Crippen LogP contribution in [-0.2, 0) is 11.2 Å². The fourth-order valence-electron chi connectivity index (χ4n) is 2.73. The Kier molecular flexibility index (Phi) is 5.07. The van der Waals surface area contributed by atoms with Gasteiger partial charge in [-0.2, -0.15) is 0 Å². The average Bonchev–Trinajstić information content (AvgIpc) is 2.61. The zero-order chi connectivity index (χ0) is 18.7. The summed E-state index contributed by atoms with van der Waals surface area (Å²) >= 11 is 0. The van der Waals surface area contributed by atoms with Crippen LogP contribution in [0.2, 0.25) is 0 Å². The van der Waals surface area contributed by atoms with Crippen molar-refractivity contribution in [2.45, 2.75) is 27.2 Å². The van der Waals surface area contributed by atoms with E-state index < -0.39 is 11.6 Å². The Morgan fingerprint density at radius 3 is 2.65 bits per heavy atom. The van der Waals surface area contributed by atoms with Gasteiger partial charge in [0.05, 0.1) is 0 Å². The summed E-state index contributed by atoms with van der Waals surface area (Å²) in [5, 5.41) is 0.832. The highest BCUT2D eigenvalue weighted by Gasteiger charge is 2.11. The Morgan fingerprint density at radius 1 is 1.08 bits per heavy atom. The maximum Gasteiger partial charge on any atom is 0.349 e. The summed E-state index contributed by atoms with van der Waals surface area (Å²) < 4.78 is 16.1. The van der Waals surface area contributed by atoms with Crippen molar-refractivity contribution in [3.63, 3.8) is 0 Å². The molecule has 2 aromatic carbocycles. The number of ether oxygens (including phenoxy) is 2. The van der Waals surface area contributed by atoms with Crippen LogP contribution in [0, 0.1) is 13.8 Å². The van der Waals surface area contributed by atoms with Crippen LogP contribution in [0.3, 0.4) is 0 Å². The summed E-state index contributed by atoms with van der Waals surface area (Å²) in [6.07, 6.45) is 0.713. The molecule has 0 amide bonds. The smallest absolute Gasteiger partial charge is 0.349 e. The largest absolute Gasteiger partial charge is 0.482 e. The van der Waals surface area contributed by atoms with Gasteiger partial charge in [0.1, 0.15) is 17.1 Å². The van der Waals surface area contributed by atoms with Crippen LogP contribution in [0.1, 0.15) is 23.6 Å². The zero-order valence-corrected chi connectivity index (χ0v) is 15.0. The molecule has 1 aromatic heterocycles. The molecule has 0 spiro atoms. The first-order valence-electron chi connectivity index (χ1n) is 8.44. The molecule has 0 saturated carbocycles. The number of carbonyl (C=O) groups excluding carboxylic acids is 1. The Labute approximate surface area is 151 Å². The van der Waals surface area contributed by atoms with Crippen molar-refractivity contribution >= 4 is 16.9 Å². The summed E-state index contributed by atoms with van der Waals surface area (Å²) in [6.45, 7) is 5.63. The Bertz CT molecular complexity index is 1020. The molecule has 5 heteroatoms. The molecule has 0 unspecified atom stereocenters. The van der Waals surface area contributed by atoms with Crippen LogP contribution in [0.15, 0.2) is 51.7 Å². The second kappa shape index (κ2) is 7.44. The number of benzene rings is 2. The van der Waals surface area contributed by atoms with E-state index in [0.717, 1.165) is 22.1 Å². The van der Waals surface area contributed by atoms with E-state index in [2.05, 4.69) is 0 Å². The van der Waals surface area contributed by atoms with Crippen LogP contribution in [0.5, 0.6) is 11.5 Å². The maximum atomic E-state index is 12.1. The lowest BCUT2D eigenvalue weighted by Gasteiger charge is -2.10. The van der Waals surface area contributed by atoms with E-state index in [-0.39, 0.29) is 6.61 Å². The van der Waals surface area contributed by atoms with Crippen molar-refractivity contribution < 1.29 is 18.7 Å². The number of hydrogen-bond acceptors (Lipinski definition) is 5. The second-order valence-corrected chi connectivity index (χ2v) is 6.13. The summed E-state index contributed by atoms with van der Waals surface area (Å²) in [5.74, 6) is 0.432. The number of carbonyl (C=O) groups is 1. The number of esters is 1. The third kappa shape index (κ3) is 3.94. The highest BCUT2D eigenvalue weighted by molar-refractivity contribution is 5.83. The van der Waals surface area contributed by atoms with Gasteiger partial charge in [-0.3, -0.25) is 0 Å². The predicted molar refractivity (Wildman–Crippen MR) is 98.9 cm³/mol. The van der Waals surface area contributed by atoms with Crippen molar-refractivity contribution in [1.29, 1.82) is 0 Å². The first kappa shape index (κ1) is 17.7. The van der Waals surface area contributed by atoms with Gasteiger partial charge in [0.15, 0.2) is 6.61 Å². The van der Waals surface area contributed by atoms with Crippen LogP contribution >= 0.6 is 0 Å². The minimum absolute atomic E-state index is 0.207. The Hall–Kier alpha value is -3.08. The molecule has 0 N–H and O–H groups in total. The molecule has 0 aliphatic carbocycles. The minimum Gasteiger partial charge on any atom is -0.482 e. The first-order chi connectivity index (χ1) is 12.5. The number of rotatable bonds is 5. The van der Waals surface area contributed by atoms with E-state index in [4.69, 9.17) is 13.9 Å². The van der Waals surface area contributed by atoms with E-state index in [9.17, 15) is 9.59 Å². The van der Waals surface area contributed by atoms with E-state index in [1.54, 1.807) is 18.2 Å². The molecule has 3 aromatic rings. The Balaban J connectivity index is 1.73. The van der Waals surface area contributed by atoms with Crippen LogP contribution in [0.25, 0.3) is 11.0 Å². The van der Waals surface area contributed by atoms with Gasteiger partial charge in [-0.15, -0.1) is 0 Å². The van der Waals surface area contributed by atoms with E-state index in [1.807, 2.05) is 39.0 Å². The normalized spacial score (nSPS) is 10.7. The quantitative estimate of drug-likeness (QED) is 0.395. The van der Waals surface area contributed by atoms with Crippen LogP contribution in [-0.4, -0.2) is 12.6 Å². The lowest BCUT2D eigenvalue weighted by molar-refractivity contribution is -0.136.